The summed E-state index contributed by atoms with van der Waals surface area (Å²) in [6.07, 6.45) is 0.945. The number of carboxylic acid groups (broad SMARTS) is 1. The molecule has 0 aliphatic carbocycles. The van der Waals surface area contributed by atoms with Crippen LogP contribution < -0.4 is 18.9 Å². The summed E-state index contributed by atoms with van der Waals surface area (Å²) in [4.78, 5) is 10.2. The molecular weight excluding hydrogens is 190 g/mol. The minimum Gasteiger partial charge on any atom is -0.481 e. The molecule has 15 heavy (non-hydrogen) atoms. The topological polar surface area (TPSA) is 37.3 Å². The number of benzene rings is 1. The molecule has 78 valence electrons. The van der Waals surface area contributed by atoms with E-state index in [0.717, 1.165) is 6.42 Å². The summed E-state index contributed by atoms with van der Waals surface area (Å²) in [6.45, 7) is 5.50. The number of halogens is 1. The third kappa shape index (κ3) is 9.52. The summed E-state index contributed by atoms with van der Waals surface area (Å²) >= 11 is 0. The molecule has 0 spiro atoms. The van der Waals surface area contributed by atoms with Gasteiger partial charge < -0.3 is 12.0 Å². The van der Waals surface area contributed by atoms with Gasteiger partial charge in [-0.25, -0.2) is 4.39 Å². The Morgan fingerprint density at radius 2 is 1.80 bits per heavy atom. The molecule has 1 aromatic carbocycles. The number of aliphatic carboxylic acids is 1. The van der Waals surface area contributed by atoms with Gasteiger partial charge in [-0.15, -0.1) is 0 Å². The fourth-order valence-corrected chi connectivity index (χ4v) is 0.777. The molecule has 0 saturated heterocycles. The summed E-state index contributed by atoms with van der Waals surface area (Å²) in [7, 11) is 0. The van der Waals surface area contributed by atoms with E-state index in [1.807, 2.05) is 6.92 Å². The maximum absolute atomic E-state index is 12.3. The van der Waals surface area contributed by atoms with Crippen LogP contribution in [-0.4, -0.2) is 11.1 Å². The minimum absolute atomic E-state index is 0. The first-order valence-corrected chi connectivity index (χ1v) is 4.35. The zero-order valence-electron chi connectivity index (χ0n) is 9.16. The Morgan fingerprint density at radius 3 is 2.13 bits per heavy atom. The molecule has 1 aromatic rings. The van der Waals surface area contributed by atoms with E-state index in [1.54, 1.807) is 0 Å². The average Bonchev–Trinajstić information content (AvgIpc) is 2.09. The maximum atomic E-state index is 12.3. The Kier molecular flexibility index (Phi) is 10.8. The van der Waals surface area contributed by atoms with Gasteiger partial charge in [0.2, 0.25) is 0 Å². The molecule has 4 heteroatoms. The maximum Gasteiger partial charge on any atom is 1.00 e. The zero-order valence-corrected chi connectivity index (χ0v) is 9.16. The van der Waals surface area contributed by atoms with Crippen LogP contribution in [0.3, 0.4) is 0 Å². The number of rotatable bonds is 2. The van der Waals surface area contributed by atoms with Crippen LogP contribution in [0.1, 0.15) is 18.9 Å². The second-order valence-corrected chi connectivity index (χ2v) is 2.70. The SMILES string of the molecule is O=C(O)Cc1ccc(F)cc1.[CH2-]CC.[Li+]. The van der Waals surface area contributed by atoms with Crippen molar-refractivity contribution in [1.82, 2.24) is 0 Å². The van der Waals surface area contributed by atoms with Crippen LogP contribution >= 0.6 is 0 Å². The summed E-state index contributed by atoms with van der Waals surface area (Å²) in [6, 6.07) is 5.42. The van der Waals surface area contributed by atoms with E-state index < -0.39 is 5.97 Å². The summed E-state index contributed by atoms with van der Waals surface area (Å²) in [5, 5.41) is 8.34. The molecule has 0 unspecified atom stereocenters. The van der Waals surface area contributed by atoms with Crippen LogP contribution in [-0.2, 0) is 11.2 Å². The molecule has 0 atom stereocenters. The van der Waals surface area contributed by atoms with Gasteiger partial charge in [0, 0.05) is 0 Å². The van der Waals surface area contributed by atoms with Gasteiger partial charge in [-0.1, -0.05) is 19.1 Å². The van der Waals surface area contributed by atoms with Crippen LogP contribution in [0.2, 0.25) is 0 Å². The van der Waals surface area contributed by atoms with E-state index in [4.69, 9.17) is 5.11 Å². The predicted octanol–water partition coefficient (Wildman–Crippen LogP) is -0.313. The number of carbonyl (C=O) groups is 1. The number of hydrogen-bond acceptors (Lipinski definition) is 1. The molecule has 1 rings (SSSR count). The van der Waals surface area contributed by atoms with E-state index in [1.165, 1.54) is 24.3 Å². The molecule has 0 amide bonds. The Morgan fingerprint density at radius 1 is 1.40 bits per heavy atom. The van der Waals surface area contributed by atoms with Crippen LogP contribution in [0.4, 0.5) is 4.39 Å². The van der Waals surface area contributed by atoms with Gasteiger partial charge >= 0.3 is 24.8 Å². The van der Waals surface area contributed by atoms with Crippen LogP contribution in [0.15, 0.2) is 24.3 Å². The van der Waals surface area contributed by atoms with Gasteiger partial charge in [-0.3, -0.25) is 4.79 Å². The molecule has 0 radical (unpaired) electrons. The van der Waals surface area contributed by atoms with Crippen LogP contribution in [0.5, 0.6) is 0 Å². The molecule has 0 heterocycles. The van der Waals surface area contributed by atoms with Gasteiger partial charge in [0.15, 0.2) is 0 Å². The van der Waals surface area contributed by atoms with Gasteiger partial charge in [-0.05, 0) is 17.7 Å². The monoisotopic (exact) mass is 204 g/mol. The number of hydrogen-bond donors (Lipinski definition) is 1. The smallest absolute Gasteiger partial charge is 0.481 e. The molecule has 1 N–H and O–H groups in total. The van der Waals surface area contributed by atoms with Gasteiger partial charge in [0.05, 0.1) is 6.42 Å². The van der Waals surface area contributed by atoms with Crippen molar-refractivity contribution in [3.63, 3.8) is 0 Å². The van der Waals surface area contributed by atoms with Crippen molar-refractivity contribution >= 4 is 5.97 Å². The third-order valence-corrected chi connectivity index (χ3v) is 1.27. The van der Waals surface area contributed by atoms with Crippen molar-refractivity contribution in [3.8, 4) is 0 Å². The van der Waals surface area contributed by atoms with Crippen LogP contribution in [0.25, 0.3) is 0 Å². The first-order chi connectivity index (χ1) is 6.60. The Bertz CT molecular complexity index is 272. The molecule has 0 aromatic heterocycles. The molecule has 0 saturated carbocycles. The zero-order chi connectivity index (χ0) is 11.0. The van der Waals surface area contributed by atoms with Crippen molar-refractivity contribution in [2.75, 3.05) is 0 Å². The van der Waals surface area contributed by atoms with Gasteiger partial charge in [0.1, 0.15) is 5.82 Å². The van der Waals surface area contributed by atoms with Crippen molar-refractivity contribution in [2.45, 2.75) is 19.8 Å². The van der Waals surface area contributed by atoms with Gasteiger partial charge in [0.25, 0.3) is 0 Å². The van der Waals surface area contributed by atoms with E-state index in [0.29, 0.717) is 5.56 Å². The van der Waals surface area contributed by atoms with E-state index in [-0.39, 0.29) is 31.1 Å². The fourth-order valence-electron chi connectivity index (χ4n) is 0.777. The van der Waals surface area contributed by atoms with Crippen molar-refractivity contribution in [1.29, 1.82) is 0 Å². The van der Waals surface area contributed by atoms with E-state index in [2.05, 4.69) is 6.92 Å². The second-order valence-electron chi connectivity index (χ2n) is 2.70. The Balaban J connectivity index is 0. The first kappa shape index (κ1) is 16.6. The molecule has 0 fully saturated rings. The average molecular weight is 204 g/mol. The van der Waals surface area contributed by atoms with E-state index >= 15 is 0 Å². The van der Waals surface area contributed by atoms with Gasteiger partial charge in [-0.2, -0.15) is 6.42 Å². The largest absolute Gasteiger partial charge is 1.00 e. The van der Waals surface area contributed by atoms with Crippen molar-refractivity contribution in [3.05, 3.63) is 42.6 Å². The van der Waals surface area contributed by atoms with E-state index in [9.17, 15) is 9.18 Å². The quantitative estimate of drug-likeness (QED) is 0.530. The summed E-state index contributed by atoms with van der Waals surface area (Å²) < 4.78 is 12.3. The van der Waals surface area contributed by atoms with Crippen molar-refractivity contribution < 1.29 is 33.2 Å². The summed E-state index contributed by atoms with van der Waals surface area (Å²) in [5.41, 5.74) is 0.610. The number of carboxylic acids is 1. The fraction of sp³-hybridized carbons (Fsp3) is 0.273. The molecule has 2 nitrogen and oxygen atoms in total. The third-order valence-electron chi connectivity index (χ3n) is 1.27. The predicted molar refractivity (Wildman–Crippen MR) is 53.4 cm³/mol. The van der Waals surface area contributed by atoms with Crippen molar-refractivity contribution in [2.24, 2.45) is 0 Å². The first-order valence-electron chi connectivity index (χ1n) is 4.35. The molecule has 0 aliphatic rings. The Labute approximate surface area is 102 Å². The Hall–Kier alpha value is -0.783. The molecular formula is C11H14FLiO2. The standard InChI is InChI=1S/C8H7FO2.C3H7.Li/c9-7-3-1-6(2-4-7)5-8(10)11;1-3-2;/h1-4H,5H2,(H,10,11);1,3H2,2H3;/q;-1;+1. The molecule has 0 bridgehead atoms. The minimum atomic E-state index is -0.906. The second kappa shape index (κ2) is 9.76. The summed E-state index contributed by atoms with van der Waals surface area (Å²) in [5.74, 6) is -1.25. The van der Waals surface area contributed by atoms with Crippen LogP contribution in [0, 0.1) is 12.7 Å². The molecule has 0 aliphatic heterocycles. The normalized spacial score (nSPS) is 8.20.